The average Bonchev–Trinajstić information content (AvgIpc) is 2.55. The number of hydrogen-bond donors (Lipinski definition) is 1. The second-order valence-corrected chi connectivity index (χ2v) is 4.43. The number of allylic oxidation sites excluding steroid dienone is 2. The van der Waals surface area contributed by atoms with Gasteiger partial charge in [-0.05, 0) is 12.5 Å². The highest BCUT2D eigenvalue weighted by molar-refractivity contribution is 6.26. The number of likely N-dealkylation sites (tertiary alicyclic amines) is 1. The van der Waals surface area contributed by atoms with Crippen molar-refractivity contribution in [2.45, 2.75) is 18.9 Å². The molecule has 20 heavy (non-hydrogen) atoms. The molecule has 2 fully saturated rings. The summed E-state index contributed by atoms with van der Waals surface area (Å²) in [4.78, 5) is 47.5. The lowest BCUT2D eigenvalue weighted by molar-refractivity contribution is -0.149. The lowest BCUT2D eigenvalue weighted by atomic mass is 10.0. The molecule has 6 nitrogen and oxygen atoms in total. The Morgan fingerprint density at radius 3 is 2.50 bits per heavy atom. The Balaban J connectivity index is 2.34. The van der Waals surface area contributed by atoms with Gasteiger partial charge in [0.15, 0.2) is 0 Å². The minimum Gasteiger partial charge on any atom is -0.295 e. The molecule has 0 radical (unpaired) electrons. The van der Waals surface area contributed by atoms with Gasteiger partial charge in [0, 0.05) is 12.0 Å². The van der Waals surface area contributed by atoms with Gasteiger partial charge in [-0.2, -0.15) is 0 Å². The first kappa shape index (κ1) is 13.9. The second-order valence-electron chi connectivity index (χ2n) is 4.43. The van der Waals surface area contributed by atoms with Crippen molar-refractivity contribution in [3.8, 4) is 0 Å². The summed E-state index contributed by atoms with van der Waals surface area (Å²) in [5, 5.41) is 2.05. The predicted octanol–water partition coefficient (Wildman–Crippen LogP) is 0.126. The number of rotatable bonds is 2. The molecule has 2 aliphatic heterocycles. The van der Waals surface area contributed by atoms with Crippen LogP contribution in [0.3, 0.4) is 0 Å². The van der Waals surface area contributed by atoms with Crippen molar-refractivity contribution >= 4 is 23.6 Å². The molecule has 0 aliphatic carbocycles. The van der Waals surface area contributed by atoms with E-state index in [4.69, 9.17) is 0 Å². The third-order valence-corrected chi connectivity index (χ3v) is 3.07. The number of carbonyl (C=O) groups is 4. The van der Waals surface area contributed by atoms with Gasteiger partial charge in [0.25, 0.3) is 11.8 Å². The maximum atomic E-state index is 12.8. The fourth-order valence-electron chi connectivity index (χ4n) is 2.13. The van der Waals surface area contributed by atoms with E-state index in [1.165, 1.54) is 0 Å². The van der Waals surface area contributed by atoms with Crippen LogP contribution in [0, 0.1) is 0 Å². The molecule has 0 aromatic carbocycles. The summed E-state index contributed by atoms with van der Waals surface area (Å²) >= 11 is 0. The molecule has 4 amide bonds. The molecular weight excluding hydrogens is 267 g/mol. The van der Waals surface area contributed by atoms with Crippen molar-refractivity contribution in [2.75, 3.05) is 0 Å². The van der Waals surface area contributed by atoms with Crippen molar-refractivity contribution in [3.63, 3.8) is 0 Å². The molecule has 2 aliphatic rings. The Labute approximate surface area is 113 Å². The molecule has 104 valence electrons. The molecule has 1 atom stereocenters. The van der Waals surface area contributed by atoms with E-state index >= 15 is 0 Å². The van der Waals surface area contributed by atoms with Crippen molar-refractivity contribution in [3.05, 3.63) is 36.2 Å². The first-order valence-electron chi connectivity index (χ1n) is 5.80. The lowest BCUT2D eigenvalue weighted by Gasteiger charge is -2.27. The van der Waals surface area contributed by atoms with Gasteiger partial charge in [0.2, 0.25) is 11.8 Å². The number of halogens is 1. The van der Waals surface area contributed by atoms with Crippen molar-refractivity contribution in [2.24, 2.45) is 0 Å². The van der Waals surface area contributed by atoms with E-state index < -0.39 is 35.5 Å². The highest BCUT2D eigenvalue weighted by atomic mass is 19.1. The summed E-state index contributed by atoms with van der Waals surface area (Å²) < 4.78 is 12.8. The van der Waals surface area contributed by atoms with Crippen molar-refractivity contribution in [1.29, 1.82) is 0 Å². The van der Waals surface area contributed by atoms with Gasteiger partial charge in [-0.25, -0.2) is 4.39 Å². The molecule has 0 spiro atoms. The first-order chi connectivity index (χ1) is 9.32. The Hall–Kier alpha value is -2.57. The fourth-order valence-corrected chi connectivity index (χ4v) is 2.13. The highest BCUT2D eigenvalue weighted by Crippen LogP contribution is 2.28. The van der Waals surface area contributed by atoms with Crippen LogP contribution in [-0.4, -0.2) is 34.6 Å². The quantitative estimate of drug-likeness (QED) is 0.574. The number of nitrogens with one attached hydrogen (secondary N) is 1. The number of nitrogens with zero attached hydrogens (tertiary/aromatic N) is 1. The molecule has 0 aromatic heterocycles. The summed E-state index contributed by atoms with van der Waals surface area (Å²) in [6, 6.07) is -1.08. The SMILES string of the molecule is C=C(F)/C=C1\C(=C)C(=O)N(C2CCC(=O)NC2=O)C1=O. The van der Waals surface area contributed by atoms with E-state index in [0.717, 1.165) is 6.08 Å². The Bertz CT molecular complexity index is 605. The molecule has 0 bridgehead atoms. The normalized spacial score (nSPS) is 25.4. The number of hydrogen-bond acceptors (Lipinski definition) is 4. The third kappa shape index (κ3) is 2.18. The second kappa shape index (κ2) is 4.84. The standard InChI is InChI=1S/C13H11FN2O4/c1-6(14)5-8-7(2)12(19)16(13(8)20)9-3-4-10(17)15-11(9)18/h5,9H,1-4H2,(H,15,17,18)/b8-5+. The maximum absolute atomic E-state index is 12.8. The van der Waals surface area contributed by atoms with E-state index in [0.29, 0.717) is 4.90 Å². The molecule has 0 saturated carbocycles. The van der Waals surface area contributed by atoms with Gasteiger partial charge < -0.3 is 0 Å². The van der Waals surface area contributed by atoms with Crippen LogP contribution >= 0.6 is 0 Å². The van der Waals surface area contributed by atoms with Crippen molar-refractivity contribution < 1.29 is 23.6 Å². The summed E-state index contributed by atoms with van der Waals surface area (Å²) in [6.07, 6.45) is 0.864. The Kier molecular flexibility index (Phi) is 3.35. The average molecular weight is 278 g/mol. The first-order valence-corrected chi connectivity index (χ1v) is 5.80. The zero-order chi connectivity index (χ0) is 15.0. The van der Waals surface area contributed by atoms with Crippen LogP contribution in [0.1, 0.15) is 12.8 Å². The Morgan fingerprint density at radius 1 is 1.30 bits per heavy atom. The maximum Gasteiger partial charge on any atom is 0.262 e. The highest BCUT2D eigenvalue weighted by Gasteiger charge is 2.45. The minimum atomic E-state index is -1.08. The summed E-state index contributed by atoms with van der Waals surface area (Å²) in [5.74, 6) is -3.66. The topological polar surface area (TPSA) is 83.6 Å². The summed E-state index contributed by atoms with van der Waals surface area (Å²) in [7, 11) is 0. The van der Waals surface area contributed by atoms with Gasteiger partial charge in [-0.3, -0.25) is 29.4 Å². The Morgan fingerprint density at radius 2 is 1.95 bits per heavy atom. The molecule has 7 heteroatoms. The van der Waals surface area contributed by atoms with E-state index in [1.54, 1.807) is 0 Å². The van der Waals surface area contributed by atoms with Crippen LogP contribution in [-0.2, 0) is 19.2 Å². The van der Waals surface area contributed by atoms with Crippen LogP contribution in [0.25, 0.3) is 0 Å². The van der Waals surface area contributed by atoms with Crippen LogP contribution in [0.5, 0.6) is 0 Å². The smallest absolute Gasteiger partial charge is 0.262 e. The largest absolute Gasteiger partial charge is 0.295 e. The molecule has 1 N–H and O–H groups in total. The van der Waals surface area contributed by atoms with Gasteiger partial charge in [-0.15, -0.1) is 0 Å². The van der Waals surface area contributed by atoms with E-state index in [2.05, 4.69) is 18.5 Å². The van der Waals surface area contributed by atoms with Crippen LogP contribution < -0.4 is 5.32 Å². The van der Waals surface area contributed by atoms with Gasteiger partial charge in [-0.1, -0.05) is 13.2 Å². The van der Waals surface area contributed by atoms with E-state index in [-0.39, 0.29) is 24.0 Å². The summed E-state index contributed by atoms with van der Waals surface area (Å²) in [6.45, 7) is 6.40. The van der Waals surface area contributed by atoms with Gasteiger partial charge >= 0.3 is 0 Å². The zero-order valence-electron chi connectivity index (χ0n) is 10.4. The molecule has 2 rings (SSSR count). The van der Waals surface area contributed by atoms with Crippen molar-refractivity contribution in [1.82, 2.24) is 10.2 Å². The molecule has 0 aromatic rings. The third-order valence-electron chi connectivity index (χ3n) is 3.07. The van der Waals surface area contributed by atoms with Gasteiger partial charge in [0.1, 0.15) is 11.9 Å². The number of imide groups is 2. The minimum absolute atomic E-state index is 0.0226. The molecule has 2 heterocycles. The predicted molar refractivity (Wildman–Crippen MR) is 65.5 cm³/mol. The van der Waals surface area contributed by atoms with E-state index in [9.17, 15) is 23.6 Å². The fraction of sp³-hybridized carbons (Fsp3) is 0.231. The lowest BCUT2D eigenvalue weighted by Crippen LogP contribution is -2.54. The molecule has 2 saturated heterocycles. The van der Waals surface area contributed by atoms with Gasteiger partial charge in [0.05, 0.1) is 5.57 Å². The monoisotopic (exact) mass is 278 g/mol. The zero-order valence-corrected chi connectivity index (χ0v) is 10.4. The number of piperidine rings is 1. The summed E-state index contributed by atoms with van der Waals surface area (Å²) in [5.41, 5.74) is -0.425. The number of carbonyl (C=O) groups excluding carboxylic acids is 4. The van der Waals surface area contributed by atoms with Crippen LogP contribution in [0.15, 0.2) is 36.2 Å². The molecule has 1 unspecified atom stereocenters. The molecular formula is C13H11FN2O4. The van der Waals surface area contributed by atoms with E-state index in [1.807, 2.05) is 0 Å². The number of amides is 4. The van der Waals surface area contributed by atoms with Crippen LogP contribution in [0.2, 0.25) is 0 Å². The van der Waals surface area contributed by atoms with Crippen LogP contribution in [0.4, 0.5) is 4.39 Å².